The Bertz CT molecular complexity index is 652. The van der Waals surface area contributed by atoms with Crippen LogP contribution in [0.4, 0.5) is 14.9 Å². The first-order chi connectivity index (χ1) is 11.9. The van der Waals surface area contributed by atoms with E-state index in [2.05, 4.69) is 0 Å². The van der Waals surface area contributed by atoms with Crippen molar-refractivity contribution >= 4 is 17.6 Å². The van der Waals surface area contributed by atoms with Crippen LogP contribution in [0.3, 0.4) is 0 Å². The summed E-state index contributed by atoms with van der Waals surface area (Å²) in [4.78, 5) is 29.4. The second-order valence-electron chi connectivity index (χ2n) is 6.58. The van der Waals surface area contributed by atoms with Gasteiger partial charge in [0.15, 0.2) is 0 Å². The fraction of sp³-hybridized carbons (Fsp3) is 0.529. The smallest absolute Gasteiger partial charge is 0.319 e. The van der Waals surface area contributed by atoms with Crippen molar-refractivity contribution in [1.29, 1.82) is 0 Å². The fourth-order valence-corrected chi connectivity index (χ4v) is 3.11. The highest BCUT2D eigenvalue weighted by atomic mass is 19.1. The van der Waals surface area contributed by atoms with Gasteiger partial charge in [0.1, 0.15) is 18.0 Å². The molecular formula is C17H22FN3O4. The second kappa shape index (κ2) is 6.97. The van der Waals surface area contributed by atoms with Crippen LogP contribution in [0.5, 0.6) is 0 Å². The van der Waals surface area contributed by atoms with Gasteiger partial charge < -0.3 is 24.2 Å². The van der Waals surface area contributed by atoms with E-state index in [9.17, 15) is 14.0 Å². The molecule has 0 aromatic heterocycles. The van der Waals surface area contributed by atoms with Crippen LogP contribution < -0.4 is 4.90 Å². The number of halogens is 1. The van der Waals surface area contributed by atoms with Crippen molar-refractivity contribution in [3.05, 3.63) is 30.1 Å². The highest BCUT2D eigenvalue weighted by Gasteiger charge is 2.44. The topological polar surface area (TPSA) is 62.3 Å². The largest absolute Gasteiger partial charge is 0.376 e. The van der Waals surface area contributed by atoms with Crippen molar-refractivity contribution in [1.82, 2.24) is 9.80 Å². The average Bonchev–Trinajstić information content (AvgIpc) is 2.80. The highest BCUT2D eigenvalue weighted by molar-refractivity contribution is 5.95. The van der Waals surface area contributed by atoms with E-state index in [0.717, 1.165) is 0 Å². The van der Waals surface area contributed by atoms with Crippen LogP contribution in [0.25, 0.3) is 0 Å². The number of anilines is 1. The third-order valence-corrected chi connectivity index (χ3v) is 4.39. The van der Waals surface area contributed by atoms with E-state index in [1.807, 2.05) is 0 Å². The van der Waals surface area contributed by atoms with Gasteiger partial charge in [-0.25, -0.2) is 9.18 Å². The number of hydrogen-bond acceptors (Lipinski definition) is 4. The van der Waals surface area contributed by atoms with E-state index in [-0.39, 0.29) is 37.5 Å². The van der Waals surface area contributed by atoms with Crippen LogP contribution in [0, 0.1) is 5.82 Å². The van der Waals surface area contributed by atoms with Gasteiger partial charge in [-0.15, -0.1) is 0 Å². The molecule has 2 heterocycles. The number of rotatable bonds is 1. The lowest BCUT2D eigenvalue weighted by Gasteiger charge is -2.43. The summed E-state index contributed by atoms with van der Waals surface area (Å²) in [5, 5.41) is 0. The van der Waals surface area contributed by atoms with E-state index in [4.69, 9.17) is 9.47 Å². The molecule has 1 aromatic carbocycles. The van der Waals surface area contributed by atoms with Crippen molar-refractivity contribution in [3.8, 4) is 0 Å². The SMILES string of the molecule is CN(C)C(=O)N1CCOC[C@@]2(C1)CN(c1ccc(F)cc1)C(=O)CO2. The molecule has 0 N–H and O–H groups in total. The quantitative estimate of drug-likeness (QED) is 0.756. The van der Waals surface area contributed by atoms with Crippen molar-refractivity contribution in [2.24, 2.45) is 0 Å². The minimum Gasteiger partial charge on any atom is -0.376 e. The number of nitrogens with zero attached hydrogens (tertiary/aromatic N) is 3. The van der Waals surface area contributed by atoms with Crippen molar-refractivity contribution in [2.45, 2.75) is 5.60 Å². The van der Waals surface area contributed by atoms with Gasteiger partial charge in [-0.2, -0.15) is 0 Å². The number of morpholine rings is 1. The van der Waals surface area contributed by atoms with Crippen LogP contribution >= 0.6 is 0 Å². The normalized spacial score (nSPS) is 24.4. The second-order valence-corrected chi connectivity index (χ2v) is 6.58. The first-order valence-electron chi connectivity index (χ1n) is 8.14. The Morgan fingerprint density at radius 3 is 2.64 bits per heavy atom. The maximum atomic E-state index is 13.2. The van der Waals surface area contributed by atoms with Crippen LogP contribution in [0.1, 0.15) is 0 Å². The molecule has 2 fully saturated rings. The van der Waals surface area contributed by atoms with E-state index >= 15 is 0 Å². The molecule has 2 saturated heterocycles. The van der Waals surface area contributed by atoms with Gasteiger partial charge in [-0.1, -0.05) is 0 Å². The molecule has 7 nitrogen and oxygen atoms in total. The zero-order valence-corrected chi connectivity index (χ0v) is 14.4. The summed E-state index contributed by atoms with van der Waals surface area (Å²) in [5.74, 6) is -0.563. The molecule has 0 aliphatic carbocycles. The Hall–Kier alpha value is -2.19. The predicted molar refractivity (Wildman–Crippen MR) is 88.9 cm³/mol. The first-order valence-corrected chi connectivity index (χ1v) is 8.14. The van der Waals surface area contributed by atoms with Crippen LogP contribution in [0.2, 0.25) is 0 Å². The minimum absolute atomic E-state index is 0.106. The molecule has 1 spiro atoms. The van der Waals surface area contributed by atoms with Gasteiger partial charge in [0, 0.05) is 26.3 Å². The average molecular weight is 351 g/mol. The Morgan fingerprint density at radius 2 is 1.96 bits per heavy atom. The van der Waals surface area contributed by atoms with E-state index < -0.39 is 5.60 Å². The minimum atomic E-state index is -0.801. The molecule has 0 unspecified atom stereocenters. The third kappa shape index (κ3) is 3.74. The zero-order valence-electron chi connectivity index (χ0n) is 14.4. The van der Waals surface area contributed by atoms with Crippen LogP contribution in [0.15, 0.2) is 24.3 Å². The number of hydrogen-bond donors (Lipinski definition) is 0. The third-order valence-electron chi connectivity index (χ3n) is 4.39. The summed E-state index contributed by atoms with van der Waals surface area (Å²) >= 11 is 0. The molecule has 1 aromatic rings. The van der Waals surface area contributed by atoms with Crippen LogP contribution in [-0.2, 0) is 14.3 Å². The molecule has 8 heteroatoms. The number of carbonyl (C=O) groups is 2. The molecule has 0 radical (unpaired) electrons. The van der Waals surface area contributed by atoms with E-state index in [0.29, 0.717) is 25.4 Å². The van der Waals surface area contributed by atoms with Crippen molar-refractivity contribution < 1.29 is 23.5 Å². The molecule has 136 valence electrons. The Labute approximate surface area is 145 Å². The monoisotopic (exact) mass is 351 g/mol. The number of carbonyl (C=O) groups excluding carboxylic acids is 2. The fourth-order valence-electron chi connectivity index (χ4n) is 3.11. The Balaban J connectivity index is 1.83. The van der Waals surface area contributed by atoms with E-state index in [1.54, 1.807) is 36.0 Å². The summed E-state index contributed by atoms with van der Waals surface area (Å²) in [5.41, 5.74) is -0.200. The molecule has 2 aliphatic rings. The van der Waals surface area contributed by atoms with E-state index in [1.165, 1.54) is 17.0 Å². The molecule has 1 atom stereocenters. The molecular weight excluding hydrogens is 329 g/mol. The number of urea groups is 1. The number of ether oxygens (including phenoxy) is 2. The summed E-state index contributed by atoms with van der Waals surface area (Å²) < 4.78 is 24.7. The number of amides is 3. The molecule has 0 saturated carbocycles. The summed E-state index contributed by atoms with van der Waals surface area (Å²) in [6.45, 7) is 1.63. The lowest BCUT2D eigenvalue weighted by Crippen LogP contribution is -2.61. The van der Waals surface area contributed by atoms with Gasteiger partial charge in [0.2, 0.25) is 0 Å². The Morgan fingerprint density at radius 1 is 1.24 bits per heavy atom. The lowest BCUT2D eigenvalue weighted by molar-refractivity contribution is -0.145. The van der Waals surface area contributed by atoms with Crippen LogP contribution in [-0.4, -0.2) is 80.9 Å². The van der Waals surface area contributed by atoms with Gasteiger partial charge in [0.25, 0.3) is 5.91 Å². The zero-order chi connectivity index (χ0) is 18.0. The summed E-state index contributed by atoms with van der Waals surface area (Å²) in [6, 6.07) is 5.63. The maximum Gasteiger partial charge on any atom is 0.319 e. The molecule has 25 heavy (non-hydrogen) atoms. The lowest BCUT2D eigenvalue weighted by atomic mass is 10.0. The standard InChI is InChI=1S/C17H22FN3O4/c1-19(2)16(23)20-7-8-24-12-17(10-20)11-21(15(22)9-25-17)14-5-3-13(18)4-6-14/h3-6H,7-12H2,1-2H3/t17-/m1/s1. The highest BCUT2D eigenvalue weighted by Crippen LogP contribution is 2.27. The molecule has 0 bridgehead atoms. The first kappa shape index (κ1) is 17.6. The van der Waals surface area contributed by atoms with Gasteiger partial charge in [0.05, 0.1) is 26.3 Å². The maximum absolute atomic E-state index is 13.2. The summed E-state index contributed by atoms with van der Waals surface area (Å²) in [6.07, 6.45) is 0. The molecule has 2 aliphatic heterocycles. The Kier molecular flexibility index (Phi) is 4.91. The van der Waals surface area contributed by atoms with Gasteiger partial charge >= 0.3 is 6.03 Å². The predicted octanol–water partition coefficient (Wildman–Crippen LogP) is 0.941. The van der Waals surface area contributed by atoms with Gasteiger partial charge in [-0.3, -0.25) is 4.79 Å². The summed E-state index contributed by atoms with van der Waals surface area (Å²) in [7, 11) is 3.38. The number of benzene rings is 1. The van der Waals surface area contributed by atoms with Gasteiger partial charge in [-0.05, 0) is 24.3 Å². The molecule has 3 rings (SSSR count). The van der Waals surface area contributed by atoms with Crippen molar-refractivity contribution in [3.63, 3.8) is 0 Å². The molecule has 3 amide bonds. The van der Waals surface area contributed by atoms with Crippen molar-refractivity contribution in [2.75, 3.05) is 58.5 Å².